The lowest BCUT2D eigenvalue weighted by atomic mass is 9.90. The van der Waals surface area contributed by atoms with Gasteiger partial charge in [0, 0.05) is 49.2 Å². The van der Waals surface area contributed by atoms with Crippen LogP contribution in [0.3, 0.4) is 0 Å². The number of alkyl halides is 6. The number of piperazine rings is 1. The second kappa shape index (κ2) is 8.69. The fourth-order valence-electron chi connectivity index (χ4n) is 6.13. The lowest BCUT2D eigenvalue weighted by molar-refractivity contribution is -0.149. The highest BCUT2D eigenvalue weighted by atomic mass is 19.4. The van der Waals surface area contributed by atoms with Crippen LogP contribution in [-0.4, -0.2) is 57.8 Å². The number of nitrogens with zero attached hydrogens (tertiary/aromatic N) is 6. The Morgan fingerprint density at radius 1 is 0.950 bits per heavy atom. The molecule has 13 heteroatoms. The highest BCUT2D eigenvalue weighted by Gasteiger charge is 2.57. The van der Waals surface area contributed by atoms with E-state index in [-0.39, 0.29) is 28.9 Å². The summed E-state index contributed by atoms with van der Waals surface area (Å²) in [6.07, 6.45) is -2.86. The molecule has 40 heavy (non-hydrogen) atoms. The minimum atomic E-state index is -4.72. The van der Waals surface area contributed by atoms with Gasteiger partial charge in [0.15, 0.2) is 0 Å². The highest BCUT2D eigenvalue weighted by molar-refractivity contribution is 6.11. The summed E-state index contributed by atoms with van der Waals surface area (Å²) >= 11 is 0. The van der Waals surface area contributed by atoms with Crippen molar-refractivity contribution in [2.24, 2.45) is 7.05 Å². The number of fused-ring (bicyclic) bond motifs is 3. The van der Waals surface area contributed by atoms with Crippen molar-refractivity contribution in [1.82, 2.24) is 19.7 Å². The standard InChI is InChI=1S/C27H26F6N6O/c1-25(28,26(29,30)24-35-34-14-37(24)3)15-5-4-6-16(7-15)39-13-21-20(23(39)40)9-17(10-22(21)27(31,32)33)38-12-18-8-19(38)11-36(18)2/h4-7,9-10,14,18-19H,8,11-13H2,1-3H3/t18-,19-,25?/m0/s1. The maximum absolute atomic E-state index is 15.8. The summed E-state index contributed by atoms with van der Waals surface area (Å²) in [6, 6.07) is 7.74. The van der Waals surface area contributed by atoms with Gasteiger partial charge < -0.3 is 14.4 Å². The quantitative estimate of drug-likeness (QED) is 0.415. The zero-order valence-corrected chi connectivity index (χ0v) is 21.9. The predicted octanol–water partition coefficient (Wildman–Crippen LogP) is 4.86. The van der Waals surface area contributed by atoms with E-state index in [2.05, 4.69) is 15.1 Å². The van der Waals surface area contributed by atoms with Crippen LogP contribution in [0.5, 0.6) is 0 Å². The lowest BCUT2D eigenvalue weighted by Gasteiger charge is -2.34. The van der Waals surface area contributed by atoms with Crippen molar-refractivity contribution in [1.29, 1.82) is 0 Å². The Hall–Kier alpha value is -3.61. The average molecular weight is 565 g/mol. The van der Waals surface area contributed by atoms with Crippen LogP contribution < -0.4 is 9.80 Å². The van der Waals surface area contributed by atoms with Gasteiger partial charge in [0.2, 0.25) is 11.5 Å². The van der Waals surface area contributed by atoms with Crippen LogP contribution in [-0.2, 0) is 31.4 Å². The number of amides is 1. The minimum Gasteiger partial charge on any atom is -0.366 e. The van der Waals surface area contributed by atoms with Crippen molar-refractivity contribution in [2.75, 3.05) is 29.9 Å². The topological polar surface area (TPSA) is 57.5 Å². The molecule has 3 aromatic rings. The monoisotopic (exact) mass is 564 g/mol. The molecule has 2 fully saturated rings. The molecular formula is C27H26F6N6O. The molecule has 1 aromatic heterocycles. The smallest absolute Gasteiger partial charge is 0.366 e. The summed E-state index contributed by atoms with van der Waals surface area (Å²) in [5.74, 6) is -5.70. The fraction of sp³-hybridized carbons (Fsp3) is 0.444. The van der Waals surface area contributed by atoms with Gasteiger partial charge >= 0.3 is 12.1 Å². The molecular weight excluding hydrogens is 538 g/mol. The van der Waals surface area contributed by atoms with Gasteiger partial charge in [-0.25, -0.2) is 4.39 Å². The Morgan fingerprint density at radius 3 is 2.30 bits per heavy atom. The number of likely N-dealkylation sites (tertiary alicyclic amines) is 1. The molecule has 0 radical (unpaired) electrons. The molecule has 0 saturated carbocycles. The molecule has 4 heterocycles. The second-order valence-electron chi connectivity index (χ2n) is 10.9. The third-order valence-electron chi connectivity index (χ3n) is 8.46. The summed E-state index contributed by atoms with van der Waals surface area (Å²) in [5.41, 5.74) is -4.60. The number of anilines is 2. The molecule has 2 aromatic carbocycles. The van der Waals surface area contributed by atoms with Gasteiger partial charge in [-0.05, 0) is 55.8 Å². The van der Waals surface area contributed by atoms with Crippen LogP contribution in [0.15, 0.2) is 42.7 Å². The molecule has 2 bridgehead atoms. The predicted molar refractivity (Wildman–Crippen MR) is 134 cm³/mol. The van der Waals surface area contributed by atoms with Crippen molar-refractivity contribution in [3.05, 3.63) is 70.8 Å². The SMILES string of the molecule is CN1C[C@@H]2C[C@H]1CN2c1cc2c(c(C(F)(F)F)c1)CN(c1cccc(C(C)(F)C(F)(F)c3nncn3C)c1)C2=O. The van der Waals surface area contributed by atoms with Crippen molar-refractivity contribution in [3.63, 3.8) is 0 Å². The van der Waals surface area contributed by atoms with E-state index in [0.717, 1.165) is 47.0 Å². The third kappa shape index (κ3) is 3.88. The summed E-state index contributed by atoms with van der Waals surface area (Å²) < 4.78 is 90.0. The van der Waals surface area contributed by atoms with Gasteiger partial charge in [0.05, 0.1) is 12.1 Å². The van der Waals surface area contributed by atoms with Crippen LogP contribution in [0, 0.1) is 0 Å². The van der Waals surface area contributed by atoms with Crippen LogP contribution in [0.4, 0.5) is 37.7 Å². The summed E-state index contributed by atoms with van der Waals surface area (Å²) in [5, 5.41) is 6.76. The van der Waals surface area contributed by atoms with Crippen molar-refractivity contribution >= 4 is 17.3 Å². The van der Waals surface area contributed by atoms with Crippen LogP contribution in [0.2, 0.25) is 0 Å². The Balaban J connectivity index is 1.36. The number of benzene rings is 2. The van der Waals surface area contributed by atoms with E-state index in [4.69, 9.17) is 0 Å². The zero-order chi connectivity index (χ0) is 28.8. The van der Waals surface area contributed by atoms with Gasteiger partial charge in [0.25, 0.3) is 5.91 Å². The third-order valence-corrected chi connectivity index (χ3v) is 8.46. The number of hydrogen-bond acceptors (Lipinski definition) is 5. The number of carbonyl (C=O) groups is 1. The van der Waals surface area contributed by atoms with E-state index < -0.39 is 47.2 Å². The average Bonchev–Trinajstić information content (AvgIpc) is 3.66. The van der Waals surface area contributed by atoms with Crippen molar-refractivity contribution in [2.45, 2.75) is 49.7 Å². The first kappa shape index (κ1) is 26.6. The molecule has 0 N–H and O–H groups in total. The Kier molecular flexibility index (Phi) is 5.78. The molecule has 3 aliphatic rings. The van der Waals surface area contributed by atoms with E-state index in [9.17, 15) is 18.0 Å². The molecule has 0 aliphatic carbocycles. The Bertz CT molecular complexity index is 1500. The van der Waals surface area contributed by atoms with Crippen molar-refractivity contribution in [3.8, 4) is 0 Å². The number of halogens is 6. The first-order valence-corrected chi connectivity index (χ1v) is 12.7. The molecule has 1 amide bonds. The summed E-state index contributed by atoms with van der Waals surface area (Å²) in [4.78, 5) is 18.7. The maximum Gasteiger partial charge on any atom is 0.416 e. The number of carbonyl (C=O) groups excluding carboxylic acids is 1. The first-order chi connectivity index (χ1) is 18.7. The maximum atomic E-state index is 15.8. The Labute approximate surface area is 226 Å². The lowest BCUT2D eigenvalue weighted by Crippen LogP contribution is -2.44. The van der Waals surface area contributed by atoms with Gasteiger partial charge in [-0.1, -0.05) is 12.1 Å². The number of likely N-dealkylation sites (N-methyl/N-ethyl adjacent to an activating group) is 1. The summed E-state index contributed by atoms with van der Waals surface area (Å²) in [7, 11) is 3.24. The first-order valence-electron chi connectivity index (χ1n) is 12.7. The minimum absolute atomic E-state index is 0.00729. The summed E-state index contributed by atoms with van der Waals surface area (Å²) in [6.45, 7) is 1.55. The van der Waals surface area contributed by atoms with Gasteiger partial charge in [-0.3, -0.25) is 9.69 Å². The van der Waals surface area contributed by atoms with Gasteiger partial charge in [-0.15, -0.1) is 10.2 Å². The second-order valence-corrected chi connectivity index (χ2v) is 10.9. The van der Waals surface area contributed by atoms with Gasteiger partial charge in [0.1, 0.15) is 6.33 Å². The number of hydrogen-bond donors (Lipinski definition) is 0. The largest absolute Gasteiger partial charge is 0.416 e. The number of aryl methyl sites for hydroxylation is 1. The number of aromatic nitrogens is 3. The fourth-order valence-corrected chi connectivity index (χ4v) is 6.13. The molecule has 6 rings (SSSR count). The van der Waals surface area contributed by atoms with Crippen molar-refractivity contribution < 1.29 is 31.1 Å². The molecule has 0 spiro atoms. The highest BCUT2D eigenvalue weighted by Crippen LogP contribution is 2.49. The normalized spacial score (nSPS) is 22.8. The van der Waals surface area contributed by atoms with E-state index in [1.807, 2.05) is 11.9 Å². The van der Waals surface area contributed by atoms with Crippen LogP contribution in [0.25, 0.3) is 0 Å². The molecule has 7 nitrogen and oxygen atoms in total. The molecule has 3 atom stereocenters. The molecule has 2 saturated heterocycles. The van der Waals surface area contributed by atoms with Gasteiger partial charge in [-0.2, -0.15) is 22.0 Å². The molecule has 3 aliphatic heterocycles. The zero-order valence-electron chi connectivity index (χ0n) is 21.9. The Morgan fingerprint density at radius 2 is 1.70 bits per heavy atom. The van der Waals surface area contributed by atoms with E-state index in [1.165, 1.54) is 25.2 Å². The number of rotatable bonds is 5. The van der Waals surface area contributed by atoms with Crippen LogP contribution in [0.1, 0.15) is 46.2 Å². The van der Waals surface area contributed by atoms with E-state index >= 15 is 13.2 Å². The molecule has 1 unspecified atom stereocenters. The van der Waals surface area contributed by atoms with E-state index in [1.54, 1.807) is 0 Å². The van der Waals surface area contributed by atoms with Crippen LogP contribution >= 0.6 is 0 Å². The molecule has 212 valence electrons. The van der Waals surface area contributed by atoms with E-state index in [0.29, 0.717) is 19.2 Å².